The molecule has 6 heteroatoms. The number of carbonyl (C=O) groups excluding carboxylic acids is 1. The van der Waals surface area contributed by atoms with Gasteiger partial charge in [-0.05, 0) is 13.8 Å². The summed E-state index contributed by atoms with van der Waals surface area (Å²) >= 11 is 5.94. The molecule has 112 valence electrons. The lowest BCUT2D eigenvalue weighted by atomic mass is 10.1. The zero-order valence-electron chi connectivity index (χ0n) is 12.6. The summed E-state index contributed by atoms with van der Waals surface area (Å²) < 4.78 is 10.4. The van der Waals surface area contributed by atoms with Gasteiger partial charge in [0, 0.05) is 19.4 Å². The molecular formula is C14H21ClN2O3. The molecule has 0 spiro atoms. The summed E-state index contributed by atoms with van der Waals surface area (Å²) in [6.45, 7) is 7.99. The van der Waals surface area contributed by atoms with E-state index in [4.69, 9.17) is 21.1 Å². The summed E-state index contributed by atoms with van der Waals surface area (Å²) in [7, 11) is 1.62. The van der Waals surface area contributed by atoms with Gasteiger partial charge in [0.25, 0.3) is 0 Å². The summed E-state index contributed by atoms with van der Waals surface area (Å²) in [5.41, 5.74) is -0.223. The number of methoxy groups -OCH3 is 1. The second-order valence-corrected chi connectivity index (χ2v) is 5.84. The molecule has 0 saturated carbocycles. The van der Waals surface area contributed by atoms with Crippen molar-refractivity contribution < 1.29 is 14.3 Å². The number of halogens is 1. The van der Waals surface area contributed by atoms with Crippen LogP contribution in [0.25, 0.3) is 0 Å². The predicted octanol–water partition coefficient (Wildman–Crippen LogP) is 3.23. The average molecular weight is 301 g/mol. The highest BCUT2D eigenvalue weighted by Gasteiger charge is 2.20. The SMILES string of the molecule is COC(C)(C)CCOC(=O)c1nc(C(C)C)ncc1Cl. The molecule has 0 aliphatic rings. The van der Waals surface area contributed by atoms with Crippen molar-refractivity contribution in [2.75, 3.05) is 13.7 Å². The third-order valence-electron chi connectivity index (χ3n) is 2.96. The monoisotopic (exact) mass is 300 g/mol. The molecular weight excluding hydrogens is 280 g/mol. The number of ether oxygens (including phenoxy) is 2. The normalized spacial score (nSPS) is 11.8. The third kappa shape index (κ3) is 4.72. The molecule has 0 N–H and O–H groups in total. The Bertz CT molecular complexity index is 475. The van der Waals surface area contributed by atoms with Gasteiger partial charge in [0.05, 0.1) is 23.4 Å². The maximum atomic E-state index is 12.0. The van der Waals surface area contributed by atoms with E-state index in [2.05, 4.69) is 9.97 Å². The molecule has 0 amide bonds. The molecule has 0 aliphatic heterocycles. The minimum Gasteiger partial charge on any atom is -0.461 e. The highest BCUT2D eigenvalue weighted by molar-refractivity contribution is 6.33. The predicted molar refractivity (Wildman–Crippen MR) is 77.1 cm³/mol. The van der Waals surface area contributed by atoms with E-state index in [1.165, 1.54) is 6.20 Å². The Hall–Kier alpha value is -1.20. The first kappa shape index (κ1) is 16.9. The van der Waals surface area contributed by atoms with Crippen molar-refractivity contribution in [3.63, 3.8) is 0 Å². The molecule has 5 nitrogen and oxygen atoms in total. The quantitative estimate of drug-likeness (QED) is 0.755. The molecule has 1 aromatic rings. The molecule has 0 aliphatic carbocycles. The van der Waals surface area contributed by atoms with E-state index in [0.29, 0.717) is 12.2 Å². The average Bonchev–Trinajstić information content (AvgIpc) is 2.38. The standard InChI is InChI=1S/C14H21ClN2O3/c1-9(2)12-16-8-10(15)11(17-12)13(18)20-7-6-14(3,4)19-5/h8-9H,6-7H2,1-5H3. The highest BCUT2D eigenvalue weighted by Crippen LogP contribution is 2.18. The van der Waals surface area contributed by atoms with Gasteiger partial charge in [0.2, 0.25) is 0 Å². The van der Waals surface area contributed by atoms with Gasteiger partial charge in [0.1, 0.15) is 5.82 Å². The first-order chi connectivity index (χ1) is 9.26. The number of rotatable bonds is 6. The van der Waals surface area contributed by atoms with Crippen molar-refractivity contribution >= 4 is 17.6 Å². The molecule has 0 atom stereocenters. The summed E-state index contributed by atoms with van der Waals surface area (Å²) in [5.74, 6) is 0.149. The van der Waals surface area contributed by atoms with Gasteiger partial charge in [0.15, 0.2) is 5.69 Å². The van der Waals surface area contributed by atoms with Crippen molar-refractivity contribution in [1.82, 2.24) is 9.97 Å². The molecule has 1 rings (SSSR count). The zero-order valence-corrected chi connectivity index (χ0v) is 13.3. The number of nitrogens with zero attached hydrogens (tertiary/aromatic N) is 2. The number of hydrogen-bond acceptors (Lipinski definition) is 5. The highest BCUT2D eigenvalue weighted by atomic mass is 35.5. The van der Waals surface area contributed by atoms with E-state index in [1.54, 1.807) is 7.11 Å². The lowest BCUT2D eigenvalue weighted by Crippen LogP contribution is -2.25. The Morgan fingerprint density at radius 3 is 2.65 bits per heavy atom. The van der Waals surface area contributed by atoms with Crippen LogP contribution in [0.1, 0.15) is 56.3 Å². The van der Waals surface area contributed by atoms with Crippen LogP contribution in [0.3, 0.4) is 0 Å². The number of hydrogen-bond donors (Lipinski definition) is 0. The van der Waals surface area contributed by atoms with E-state index >= 15 is 0 Å². The van der Waals surface area contributed by atoms with Crippen LogP contribution >= 0.6 is 11.6 Å². The van der Waals surface area contributed by atoms with Crippen LogP contribution in [0.2, 0.25) is 5.02 Å². The van der Waals surface area contributed by atoms with E-state index in [1.807, 2.05) is 27.7 Å². The molecule has 0 saturated heterocycles. The molecule has 0 radical (unpaired) electrons. The maximum Gasteiger partial charge on any atom is 0.358 e. The number of carbonyl (C=O) groups is 1. The van der Waals surface area contributed by atoms with E-state index < -0.39 is 5.97 Å². The fourth-order valence-corrected chi connectivity index (χ4v) is 1.53. The topological polar surface area (TPSA) is 61.3 Å². The van der Waals surface area contributed by atoms with E-state index in [-0.39, 0.29) is 28.8 Å². The Morgan fingerprint density at radius 1 is 1.45 bits per heavy atom. The van der Waals surface area contributed by atoms with Gasteiger partial charge in [-0.1, -0.05) is 25.4 Å². The van der Waals surface area contributed by atoms with Gasteiger partial charge in [-0.2, -0.15) is 0 Å². The van der Waals surface area contributed by atoms with Crippen LogP contribution in [-0.2, 0) is 9.47 Å². The fourth-order valence-electron chi connectivity index (χ4n) is 1.36. The summed E-state index contributed by atoms with van der Waals surface area (Å²) in [5, 5.41) is 0.199. The van der Waals surface area contributed by atoms with Crippen LogP contribution in [-0.4, -0.2) is 35.3 Å². The molecule has 1 heterocycles. The van der Waals surface area contributed by atoms with E-state index in [9.17, 15) is 4.79 Å². The molecule has 0 fully saturated rings. The van der Waals surface area contributed by atoms with Gasteiger partial charge in [-0.25, -0.2) is 14.8 Å². The number of aromatic nitrogens is 2. The van der Waals surface area contributed by atoms with Gasteiger partial charge < -0.3 is 9.47 Å². The largest absolute Gasteiger partial charge is 0.461 e. The lowest BCUT2D eigenvalue weighted by molar-refractivity contribution is -0.00581. The summed E-state index contributed by atoms with van der Waals surface area (Å²) in [6.07, 6.45) is 2.02. The Kier molecular flexibility index (Phi) is 5.89. The second kappa shape index (κ2) is 6.99. The van der Waals surface area contributed by atoms with Crippen molar-refractivity contribution in [2.45, 2.75) is 45.6 Å². The van der Waals surface area contributed by atoms with Crippen LogP contribution in [0.5, 0.6) is 0 Å². The second-order valence-electron chi connectivity index (χ2n) is 5.43. The van der Waals surface area contributed by atoms with Crippen molar-refractivity contribution in [3.8, 4) is 0 Å². The van der Waals surface area contributed by atoms with Gasteiger partial charge in [-0.15, -0.1) is 0 Å². The Balaban J connectivity index is 2.70. The van der Waals surface area contributed by atoms with Crippen molar-refractivity contribution in [3.05, 3.63) is 22.7 Å². The summed E-state index contributed by atoms with van der Waals surface area (Å²) in [4.78, 5) is 20.2. The van der Waals surface area contributed by atoms with Crippen LogP contribution in [0.4, 0.5) is 0 Å². The maximum absolute atomic E-state index is 12.0. The Morgan fingerprint density at radius 2 is 2.10 bits per heavy atom. The zero-order chi connectivity index (χ0) is 15.3. The minimum atomic E-state index is -0.536. The smallest absolute Gasteiger partial charge is 0.358 e. The first-order valence-electron chi connectivity index (χ1n) is 6.51. The first-order valence-corrected chi connectivity index (χ1v) is 6.89. The molecule has 0 aromatic carbocycles. The van der Waals surface area contributed by atoms with E-state index in [0.717, 1.165) is 0 Å². The van der Waals surface area contributed by atoms with Crippen molar-refractivity contribution in [1.29, 1.82) is 0 Å². The number of esters is 1. The molecule has 20 heavy (non-hydrogen) atoms. The van der Waals surface area contributed by atoms with Crippen LogP contribution in [0, 0.1) is 0 Å². The molecule has 0 bridgehead atoms. The van der Waals surface area contributed by atoms with Crippen molar-refractivity contribution in [2.24, 2.45) is 0 Å². The lowest BCUT2D eigenvalue weighted by Gasteiger charge is -2.22. The molecule has 1 aromatic heterocycles. The molecule has 0 unspecified atom stereocenters. The summed E-state index contributed by atoms with van der Waals surface area (Å²) in [6, 6.07) is 0. The van der Waals surface area contributed by atoms with Gasteiger partial charge in [-0.3, -0.25) is 0 Å². The fraction of sp³-hybridized carbons (Fsp3) is 0.643. The van der Waals surface area contributed by atoms with Crippen LogP contribution < -0.4 is 0 Å². The van der Waals surface area contributed by atoms with Crippen LogP contribution in [0.15, 0.2) is 6.20 Å². The van der Waals surface area contributed by atoms with Gasteiger partial charge >= 0.3 is 5.97 Å². The third-order valence-corrected chi connectivity index (χ3v) is 3.24. The Labute approximate surface area is 124 Å². The minimum absolute atomic E-state index is 0.112.